The van der Waals surface area contributed by atoms with Crippen LogP contribution in [0.15, 0.2) is 30.3 Å². The second kappa shape index (κ2) is 5.82. The van der Waals surface area contributed by atoms with Crippen molar-refractivity contribution in [3.05, 3.63) is 41.4 Å². The lowest BCUT2D eigenvalue weighted by molar-refractivity contribution is 0.215. The van der Waals surface area contributed by atoms with Crippen LogP contribution in [0.3, 0.4) is 0 Å². The van der Waals surface area contributed by atoms with Gasteiger partial charge in [-0.3, -0.25) is 4.98 Å². The van der Waals surface area contributed by atoms with Crippen molar-refractivity contribution < 1.29 is 4.74 Å². The van der Waals surface area contributed by atoms with Crippen molar-refractivity contribution in [2.45, 2.75) is 32.7 Å². The van der Waals surface area contributed by atoms with E-state index < -0.39 is 0 Å². The molecule has 1 aliphatic heterocycles. The van der Waals surface area contributed by atoms with Gasteiger partial charge in [0.05, 0.1) is 12.6 Å². The Hall–Kier alpha value is -1.35. The van der Waals surface area contributed by atoms with Crippen LogP contribution in [0.2, 0.25) is 0 Å². The molecule has 1 aromatic heterocycles. The summed E-state index contributed by atoms with van der Waals surface area (Å²) in [6.45, 7) is 6.07. The summed E-state index contributed by atoms with van der Waals surface area (Å²) < 4.78 is 5.70. The van der Waals surface area contributed by atoms with E-state index in [0.29, 0.717) is 0 Å². The van der Waals surface area contributed by atoms with Gasteiger partial charge in [0.1, 0.15) is 5.76 Å². The Morgan fingerprint density at radius 1 is 1.53 bits per heavy atom. The fraction of sp³-hybridized carbons (Fsp3) is 0.500. The van der Waals surface area contributed by atoms with Crippen LogP contribution in [0, 0.1) is 6.92 Å². The molecule has 92 valence electrons. The van der Waals surface area contributed by atoms with Crippen LogP contribution in [-0.4, -0.2) is 18.1 Å². The number of hydrogen-bond acceptors (Lipinski definition) is 3. The summed E-state index contributed by atoms with van der Waals surface area (Å²) >= 11 is 0. The van der Waals surface area contributed by atoms with E-state index in [-0.39, 0.29) is 6.04 Å². The monoisotopic (exact) mass is 232 g/mol. The van der Waals surface area contributed by atoms with Crippen LogP contribution < -0.4 is 5.32 Å². The lowest BCUT2D eigenvalue weighted by atomic mass is 10.0. The summed E-state index contributed by atoms with van der Waals surface area (Å²) in [5.41, 5.74) is 2.47. The fourth-order valence-corrected chi connectivity index (χ4v) is 2.10. The molecule has 1 N–H and O–H groups in total. The van der Waals surface area contributed by atoms with Gasteiger partial charge in [0.2, 0.25) is 0 Å². The molecular weight excluding hydrogens is 212 g/mol. The predicted molar refractivity (Wildman–Crippen MR) is 68.7 cm³/mol. The van der Waals surface area contributed by atoms with Crippen molar-refractivity contribution in [2.75, 3.05) is 13.2 Å². The molecule has 2 heterocycles. The van der Waals surface area contributed by atoms with Crippen molar-refractivity contribution in [3.8, 4) is 0 Å². The number of aromatic nitrogens is 1. The molecule has 3 nitrogen and oxygen atoms in total. The third-order valence-electron chi connectivity index (χ3n) is 2.99. The SMILES string of the molecule is CCCNC(C1=CCCO1)c1ccncc1C. The highest BCUT2D eigenvalue weighted by molar-refractivity contribution is 5.31. The van der Waals surface area contributed by atoms with Gasteiger partial charge in [0, 0.05) is 18.8 Å². The van der Waals surface area contributed by atoms with Gasteiger partial charge in [-0.1, -0.05) is 6.92 Å². The number of ether oxygens (including phenoxy) is 1. The van der Waals surface area contributed by atoms with Gasteiger partial charge in [-0.2, -0.15) is 0 Å². The highest BCUT2D eigenvalue weighted by atomic mass is 16.5. The molecule has 0 saturated carbocycles. The van der Waals surface area contributed by atoms with Gasteiger partial charge in [-0.15, -0.1) is 0 Å². The van der Waals surface area contributed by atoms with Gasteiger partial charge in [-0.25, -0.2) is 0 Å². The van der Waals surface area contributed by atoms with Gasteiger partial charge in [0.25, 0.3) is 0 Å². The van der Waals surface area contributed by atoms with Crippen molar-refractivity contribution in [1.29, 1.82) is 0 Å². The Bertz CT molecular complexity index is 401. The van der Waals surface area contributed by atoms with E-state index in [1.54, 1.807) is 0 Å². The summed E-state index contributed by atoms with van der Waals surface area (Å²) in [6.07, 6.45) is 8.08. The average Bonchev–Trinajstić information content (AvgIpc) is 2.85. The third kappa shape index (κ3) is 2.86. The largest absolute Gasteiger partial charge is 0.496 e. The van der Waals surface area contributed by atoms with E-state index in [2.05, 4.69) is 36.3 Å². The summed E-state index contributed by atoms with van der Waals surface area (Å²) in [5, 5.41) is 3.55. The van der Waals surface area contributed by atoms with Gasteiger partial charge in [0.15, 0.2) is 0 Å². The topological polar surface area (TPSA) is 34.1 Å². The van der Waals surface area contributed by atoms with Crippen LogP contribution in [0.1, 0.15) is 36.9 Å². The molecule has 1 unspecified atom stereocenters. The summed E-state index contributed by atoms with van der Waals surface area (Å²) in [5.74, 6) is 1.06. The zero-order chi connectivity index (χ0) is 12.1. The molecule has 1 aliphatic rings. The van der Waals surface area contributed by atoms with E-state index in [4.69, 9.17) is 4.74 Å². The van der Waals surface area contributed by atoms with Gasteiger partial charge in [-0.05, 0) is 43.2 Å². The molecule has 2 rings (SSSR count). The van der Waals surface area contributed by atoms with Crippen LogP contribution in [0.4, 0.5) is 0 Å². The Kier molecular flexibility index (Phi) is 4.15. The van der Waals surface area contributed by atoms with Crippen LogP contribution in [0.25, 0.3) is 0 Å². The zero-order valence-electron chi connectivity index (χ0n) is 10.6. The minimum Gasteiger partial charge on any atom is -0.496 e. The molecule has 3 heteroatoms. The number of nitrogens with zero attached hydrogens (tertiary/aromatic N) is 1. The summed E-state index contributed by atoms with van der Waals surface area (Å²) in [6, 6.07) is 2.26. The molecule has 0 amide bonds. The lowest BCUT2D eigenvalue weighted by Crippen LogP contribution is -2.25. The predicted octanol–water partition coefficient (Wildman–Crippen LogP) is 2.73. The molecule has 0 bridgehead atoms. The van der Waals surface area contributed by atoms with Crippen molar-refractivity contribution in [1.82, 2.24) is 10.3 Å². The first-order valence-electron chi connectivity index (χ1n) is 6.29. The van der Waals surface area contributed by atoms with Crippen molar-refractivity contribution >= 4 is 0 Å². The van der Waals surface area contributed by atoms with Gasteiger partial charge >= 0.3 is 0 Å². The molecule has 0 saturated heterocycles. The minimum atomic E-state index is 0.181. The van der Waals surface area contributed by atoms with Crippen molar-refractivity contribution in [2.24, 2.45) is 0 Å². The first-order chi connectivity index (χ1) is 8.33. The first kappa shape index (κ1) is 12.1. The normalized spacial score (nSPS) is 16.5. The van der Waals surface area contributed by atoms with Crippen LogP contribution >= 0.6 is 0 Å². The second-order valence-corrected chi connectivity index (χ2v) is 4.36. The zero-order valence-corrected chi connectivity index (χ0v) is 10.6. The number of hydrogen-bond donors (Lipinski definition) is 1. The van der Waals surface area contributed by atoms with E-state index in [1.165, 1.54) is 11.1 Å². The standard InChI is InChI=1S/C14H20N2O/c1-3-7-16-14(13-5-4-9-17-13)12-6-8-15-10-11(12)2/h5-6,8,10,14,16H,3-4,7,9H2,1-2H3. The Labute approximate surface area is 103 Å². The second-order valence-electron chi connectivity index (χ2n) is 4.36. The average molecular weight is 232 g/mol. The Morgan fingerprint density at radius 2 is 2.41 bits per heavy atom. The fourth-order valence-electron chi connectivity index (χ4n) is 2.10. The molecule has 0 radical (unpaired) electrons. The quantitative estimate of drug-likeness (QED) is 0.847. The molecule has 1 atom stereocenters. The molecule has 0 spiro atoms. The number of aryl methyl sites for hydroxylation is 1. The Morgan fingerprint density at radius 3 is 3.06 bits per heavy atom. The first-order valence-corrected chi connectivity index (χ1v) is 6.29. The molecule has 0 aliphatic carbocycles. The van der Waals surface area contributed by atoms with Crippen molar-refractivity contribution in [3.63, 3.8) is 0 Å². The minimum absolute atomic E-state index is 0.181. The maximum Gasteiger partial charge on any atom is 0.114 e. The number of rotatable bonds is 5. The van der Waals surface area contributed by atoms with Crippen LogP contribution in [-0.2, 0) is 4.74 Å². The highest BCUT2D eigenvalue weighted by Gasteiger charge is 2.21. The van der Waals surface area contributed by atoms with E-state index in [1.807, 2.05) is 12.4 Å². The molecule has 1 aromatic rings. The van der Waals surface area contributed by atoms with E-state index in [0.717, 1.165) is 31.8 Å². The Balaban J connectivity index is 2.23. The van der Waals surface area contributed by atoms with E-state index >= 15 is 0 Å². The summed E-state index contributed by atoms with van der Waals surface area (Å²) in [7, 11) is 0. The molecule has 0 fully saturated rings. The number of pyridine rings is 1. The number of nitrogens with one attached hydrogen (secondary N) is 1. The molecule has 17 heavy (non-hydrogen) atoms. The van der Waals surface area contributed by atoms with E-state index in [9.17, 15) is 0 Å². The summed E-state index contributed by atoms with van der Waals surface area (Å²) in [4.78, 5) is 4.15. The maximum atomic E-state index is 5.70. The maximum absolute atomic E-state index is 5.70. The van der Waals surface area contributed by atoms with Crippen LogP contribution in [0.5, 0.6) is 0 Å². The third-order valence-corrected chi connectivity index (χ3v) is 2.99. The highest BCUT2D eigenvalue weighted by Crippen LogP contribution is 2.28. The smallest absolute Gasteiger partial charge is 0.114 e. The molecule has 0 aromatic carbocycles. The molecular formula is C14H20N2O. The lowest BCUT2D eigenvalue weighted by Gasteiger charge is -2.21. The van der Waals surface area contributed by atoms with Gasteiger partial charge < -0.3 is 10.1 Å².